The highest BCUT2D eigenvalue weighted by molar-refractivity contribution is 5.25. The maximum atomic E-state index is 5.89. The first-order valence-electron chi connectivity index (χ1n) is 8.07. The first-order valence-corrected chi connectivity index (χ1v) is 8.07. The fraction of sp³-hybridized carbons (Fsp3) is 0.706. The van der Waals surface area contributed by atoms with Gasteiger partial charge in [0.05, 0.1) is 6.61 Å². The van der Waals surface area contributed by atoms with Crippen LogP contribution in [-0.2, 0) is 13.0 Å². The molecule has 1 N–H and O–H groups in total. The third-order valence-corrected chi connectivity index (χ3v) is 3.75. The zero-order valence-electron chi connectivity index (χ0n) is 13.1. The lowest BCUT2D eigenvalue weighted by molar-refractivity contribution is 0.242. The summed E-state index contributed by atoms with van der Waals surface area (Å²) in [4.78, 5) is 4.58. The Bertz CT molecular complexity index is 415. The minimum Gasteiger partial charge on any atom is -0.477 e. The number of hydrogen-bond acceptors (Lipinski definition) is 3. The van der Waals surface area contributed by atoms with E-state index in [0.29, 0.717) is 5.92 Å². The first-order chi connectivity index (χ1) is 9.71. The van der Waals surface area contributed by atoms with E-state index in [2.05, 4.69) is 43.2 Å². The van der Waals surface area contributed by atoms with Crippen molar-refractivity contribution in [3.05, 3.63) is 23.4 Å². The van der Waals surface area contributed by atoms with Crippen molar-refractivity contribution < 1.29 is 4.74 Å². The number of hydrogen-bond donors (Lipinski definition) is 1. The molecular weight excluding hydrogens is 248 g/mol. The summed E-state index contributed by atoms with van der Waals surface area (Å²) in [5.41, 5.74) is 2.42. The number of nitrogens with one attached hydrogen (secondary N) is 1. The molecule has 3 heteroatoms. The molecule has 0 radical (unpaired) electrons. The van der Waals surface area contributed by atoms with Gasteiger partial charge in [-0.05, 0) is 43.2 Å². The molecule has 1 aliphatic rings. The Labute approximate surface area is 123 Å². The molecule has 1 fully saturated rings. The van der Waals surface area contributed by atoms with E-state index in [-0.39, 0.29) is 0 Å². The molecule has 0 aliphatic heterocycles. The van der Waals surface area contributed by atoms with Crippen LogP contribution in [0.2, 0.25) is 0 Å². The number of rotatable bonds is 9. The molecule has 0 bridgehead atoms. The largest absolute Gasteiger partial charge is 0.477 e. The zero-order chi connectivity index (χ0) is 14.4. The van der Waals surface area contributed by atoms with Crippen molar-refractivity contribution in [3.8, 4) is 5.88 Å². The number of ether oxygens (including phenoxy) is 1. The van der Waals surface area contributed by atoms with Crippen molar-refractivity contribution in [1.29, 1.82) is 0 Å². The molecule has 1 aromatic heterocycles. The Kier molecular flexibility index (Phi) is 5.84. The summed E-state index contributed by atoms with van der Waals surface area (Å²) in [5, 5.41) is 3.55. The van der Waals surface area contributed by atoms with E-state index in [1.807, 2.05) is 0 Å². The Hall–Kier alpha value is -1.09. The van der Waals surface area contributed by atoms with Gasteiger partial charge >= 0.3 is 0 Å². The lowest BCUT2D eigenvalue weighted by atomic mass is 10.1. The van der Waals surface area contributed by atoms with E-state index in [1.54, 1.807) is 0 Å². The Morgan fingerprint density at radius 3 is 2.80 bits per heavy atom. The molecule has 0 aromatic carbocycles. The van der Waals surface area contributed by atoms with Crippen LogP contribution < -0.4 is 10.1 Å². The van der Waals surface area contributed by atoms with Crippen LogP contribution in [0.25, 0.3) is 0 Å². The highest BCUT2D eigenvalue weighted by atomic mass is 16.5. The van der Waals surface area contributed by atoms with Gasteiger partial charge in [0.25, 0.3) is 0 Å². The van der Waals surface area contributed by atoms with Gasteiger partial charge in [0, 0.05) is 24.3 Å². The second-order valence-corrected chi connectivity index (χ2v) is 6.02. The predicted octanol–water partition coefficient (Wildman–Crippen LogP) is 3.71. The second kappa shape index (κ2) is 7.63. The van der Waals surface area contributed by atoms with Gasteiger partial charge in [0.2, 0.25) is 5.88 Å². The molecule has 1 aromatic rings. The summed E-state index contributed by atoms with van der Waals surface area (Å²) >= 11 is 0. The molecule has 112 valence electrons. The van der Waals surface area contributed by atoms with E-state index in [4.69, 9.17) is 4.74 Å². The van der Waals surface area contributed by atoms with Crippen molar-refractivity contribution in [2.75, 3.05) is 6.61 Å². The van der Waals surface area contributed by atoms with Crippen LogP contribution in [0.15, 0.2) is 12.1 Å². The van der Waals surface area contributed by atoms with Gasteiger partial charge in [0.15, 0.2) is 0 Å². The molecule has 3 nitrogen and oxygen atoms in total. The minimum atomic E-state index is 0.597. The van der Waals surface area contributed by atoms with Crippen LogP contribution in [0, 0.1) is 5.92 Å². The van der Waals surface area contributed by atoms with Gasteiger partial charge in [0.1, 0.15) is 0 Å². The summed E-state index contributed by atoms with van der Waals surface area (Å²) in [5.74, 6) is 1.39. The highest BCUT2D eigenvalue weighted by Crippen LogP contribution is 2.20. The molecule has 1 atom stereocenters. The number of aromatic nitrogens is 1. The average molecular weight is 276 g/mol. The SMILES string of the molecule is CCCC(C)COc1cc(CNC2CC2)cc(CC)n1. The molecule has 0 spiro atoms. The van der Waals surface area contributed by atoms with Crippen molar-refractivity contribution in [3.63, 3.8) is 0 Å². The van der Waals surface area contributed by atoms with Gasteiger partial charge in [-0.15, -0.1) is 0 Å². The van der Waals surface area contributed by atoms with Gasteiger partial charge in [-0.2, -0.15) is 0 Å². The number of pyridine rings is 1. The second-order valence-electron chi connectivity index (χ2n) is 6.02. The van der Waals surface area contributed by atoms with Crippen molar-refractivity contribution >= 4 is 0 Å². The molecule has 2 rings (SSSR count). The van der Waals surface area contributed by atoms with Crippen LogP contribution in [0.4, 0.5) is 0 Å². The predicted molar refractivity (Wildman–Crippen MR) is 83.0 cm³/mol. The molecule has 0 saturated heterocycles. The van der Waals surface area contributed by atoms with Crippen LogP contribution in [0.1, 0.15) is 57.7 Å². The number of nitrogens with zero attached hydrogens (tertiary/aromatic N) is 1. The van der Waals surface area contributed by atoms with Crippen LogP contribution in [0.5, 0.6) is 5.88 Å². The van der Waals surface area contributed by atoms with E-state index < -0.39 is 0 Å². The molecule has 20 heavy (non-hydrogen) atoms. The standard InChI is InChI=1S/C17H28N2O/c1-4-6-13(3)12-20-17-10-14(9-15(5-2)19-17)11-18-16-7-8-16/h9-10,13,16,18H,4-8,11-12H2,1-3H3. The van der Waals surface area contributed by atoms with Crippen molar-refractivity contribution in [2.45, 2.75) is 65.5 Å². The first kappa shape index (κ1) is 15.3. The van der Waals surface area contributed by atoms with Gasteiger partial charge < -0.3 is 10.1 Å². The number of aryl methyl sites for hydroxylation is 1. The van der Waals surface area contributed by atoms with E-state index in [9.17, 15) is 0 Å². The Balaban J connectivity index is 1.93. The fourth-order valence-corrected chi connectivity index (χ4v) is 2.33. The smallest absolute Gasteiger partial charge is 0.213 e. The van der Waals surface area contributed by atoms with Gasteiger partial charge in [-0.1, -0.05) is 27.2 Å². The quantitative estimate of drug-likeness (QED) is 0.746. The van der Waals surface area contributed by atoms with Crippen molar-refractivity contribution in [2.24, 2.45) is 5.92 Å². The van der Waals surface area contributed by atoms with Crippen molar-refractivity contribution in [1.82, 2.24) is 10.3 Å². The van der Waals surface area contributed by atoms with E-state index in [1.165, 1.54) is 31.2 Å². The monoisotopic (exact) mass is 276 g/mol. The summed E-state index contributed by atoms with van der Waals surface area (Å²) in [7, 11) is 0. The summed E-state index contributed by atoms with van der Waals surface area (Å²) in [6.45, 7) is 8.30. The van der Waals surface area contributed by atoms with Gasteiger partial charge in [-0.3, -0.25) is 0 Å². The van der Waals surface area contributed by atoms with Crippen LogP contribution >= 0.6 is 0 Å². The van der Waals surface area contributed by atoms with Gasteiger partial charge in [-0.25, -0.2) is 4.98 Å². The van der Waals surface area contributed by atoms with E-state index >= 15 is 0 Å². The molecular formula is C17H28N2O. The maximum absolute atomic E-state index is 5.89. The molecule has 0 amide bonds. The average Bonchev–Trinajstić information content (AvgIpc) is 3.27. The summed E-state index contributed by atoms with van der Waals surface area (Å²) in [6, 6.07) is 5.02. The molecule has 1 aliphatic carbocycles. The third kappa shape index (κ3) is 5.12. The minimum absolute atomic E-state index is 0.597. The molecule has 1 saturated carbocycles. The lowest BCUT2D eigenvalue weighted by Gasteiger charge is -2.13. The van der Waals surface area contributed by atoms with Crippen LogP contribution in [-0.4, -0.2) is 17.6 Å². The highest BCUT2D eigenvalue weighted by Gasteiger charge is 2.20. The molecule has 1 unspecified atom stereocenters. The fourth-order valence-electron chi connectivity index (χ4n) is 2.33. The topological polar surface area (TPSA) is 34.1 Å². The summed E-state index contributed by atoms with van der Waals surface area (Å²) in [6.07, 6.45) is 6.03. The normalized spacial score (nSPS) is 16.1. The lowest BCUT2D eigenvalue weighted by Crippen LogP contribution is -2.16. The Morgan fingerprint density at radius 2 is 2.15 bits per heavy atom. The zero-order valence-corrected chi connectivity index (χ0v) is 13.1. The third-order valence-electron chi connectivity index (χ3n) is 3.75. The van der Waals surface area contributed by atoms with E-state index in [0.717, 1.165) is 37.2 Å². The Morgan fingerprint density at radius 1 is 1.35 bits per heavy atom. The maximum Gasteiger partial charge on any atom is 0.213 e. The molecule has 1 heterocycles. The van der Waals surface area contributed by atoms with Crippen LogP contribution in [0.3, 0.4) is 0 Å². The summed E-state index contributed by atoms with van der Waals surface area (Å²) < 4.78 is 5.89.